The number of rotatable bonds is 9. The molecule has 0 spiro atoms. The van der Waals surface area contributed by atoms with Crippen LogP contribution in [0.5, 0.6) is 0 Å². The summed E-state index contributed by atoms with van der Waals surface area (Å²) in [6, 6.07) is 0. The molecule has 0 saturated carbocycles. The molecule has 0 aliphatic rings. The van der Waals surface area contributed by atoms with Crippen molar-refractivity contribution in [2.24, 2.45) is 11.3 Å². The molecule has 0 amide bonds. The maximum Gasteiger partial charge on any atom is 0.154 e. The SMILES string of the molecule is CCC(C)CC(C)(C)CC(CC)OC(C)OC. The third-order valence-electron chi connectivity index (χ3n) is 3.55. The van der Waals surface area contributed by atoms with Gasteiger partial charge in [0.2, 0.25) is 0 Å². The van der Waals surface area contributed by atoms with Crippen LogP contribution in [0.25, 0.3) is 0 Å². The Balaban J connectivity index is 4.23. The van der Waals surface area contributed by atoms with E-state index in [4.69, 9.17) is 9.47 Å². The topological polar surface area (TPSA) is 18.5 Å². The van der Waals surface area contributed by atoms with Crippen LogP contribution < -0.4 is 0 Å². The van der Waals surface area contributed by atoms with E-state index in [2.05, 4.69) is 34.6 Å². The van der Waals surface area contributed by atoms with Crippen LogP contribution in [0.3, 0.4) is 0 Å². The van der Waals surface area contributed by atoms with Crippen LogP contribution in [0.1, 0.15) is 67.2 Å². The van der Waals surface area contributed by atoms with Gasteiger partial charge in [-0.05, 0) is 37.5 Å². The molecule has 0 saturated heterocycles. The van der Waals surface area contributed by atoms with Gasteiger partial charge in [-0.2, -0.15) is 0 Å². The van der Waals surface area contributed by atoms with Crippen LogP contribution in [0.4, 0.5) is 0 Å². The Morgan fingerprint density at radius 2 is 1.59 bits per heavy atom. The normalized spacial score (nSPS) is 17.8. The molecule has 0 heterocycles. The zero-order chi connectivity index (χ0) is 13.5. The fraction of sp³-hybridized carbons (Fsp3) is 1.00. The molecule has 17 heavy (non-hydrogen) atoms. The molecule has 104 valence electrons. The Morgan fingerprint density at radius 3 is 2.00 bits per heavy atom. The number of methoxy groups -OCH3 is 1. The summed E-state index contributed by atoms with van der Waals surface area (Å²) in [5.41, 5.74) is 0.351. The molecule has 0 aliphatic heterocycles. The van der Waals surface area contributed by atoms with Crippen molar-refractivity contribution in [2.75, 3.05) is 7.11 Å². The average Bonchev–Trinajstić information content (AvgIpc) is 2.26. The van der Waals surface area contributed by atoms with Crippen molar-refractivity contribution in [1.29, 1.82) is 0 Å². The summed E-state index contributed by atoms with van der Waals surface area (Å²) in [6.07, 6.45) is 4.91. The van der Waals surface area contributed by atoms with Crippen molar-refractivity contribution < 1.29 is 9.47 Å². The van der Waals surface area contributed by atoms with Gasteiger partial charge < -0.3 is 9.47 Å². The smallest absolute Gasteiger partial charge is 0.154 e. The van der Waals surface area contributed by atoms with Crippen LogP contribution >= 0.6 is 0 Å². The van der Waals surface area contributed by atoms with E-state index in [0.717, 1.165) is 18.8 Å². The summed E-state index contributed by atoms with van der Waals surface area (Å²) < 4.78 is 11.1. The highest BCUT2D eigenvalue weighted by Gasteiger charge is 2.25. The van der Waals surface area contributed by atoms with Gasteiger partial charge in [0.15, 0.2) is 6.29 Å². The fourth-order valence-corrected chi connectivity index (χ4v) is 2.40. The zero-order valence-corrected chi connectivity index (χ0v) is 12.9. The van der Waals surface area contributed by atoms with Crippen LogP contribution in [-0.4, -0.2) is 19.5 Å². The lowest BCUT2D eigenvalue weighted by Gasteiger charge is -2.32. The van der Waals surface area contributed by atoms with Crippen molar-refractivity contribution in [1.82, 2.24) is 0 Å². The zero-order valence-electron chi connectivity index (χ0n) is 12.9. The monoisotopic (exact) mass is 244 g/mol. The van der Waals surface area contributed by atoms with E-state index < -0.39 is 0 Å². The second-order valence-corrected chi connectivity index (χ2v) is 6.06. The minimum Gasteiger partial charge on any atom is -0.356 e. The van der Waals surface area contributed by atoms with E-state index in [1.165, 1.54) is 12.8 Å². The summed E-state index contributed by atoms with van der Waals surface area (Å²) in [5, 5.41) is 0. The maximum atomic E-state index is 5.88. The molecular formula is C15H32O2. The summed E-state index contributed by atoms with van der Waals surface area (Å²) in [4.78, 5) is 0. The van der Waals surface area contributed by atoms with E-state index >= 15 is 0 Å². The third-order valence-corrected chi connectivity index (χ3v) is 3.55. The predicted octanol–water partition coefficient (Wildman–Crippen LogP) is 4.63. The minimum atomic E-state index is -0.0978. The summed E-state index contributed by atoms with van der Waals surface area (Å²) in [7, 11) is 1.70. The standard InChI is InChI=1S/C15H32O2/c1-8-12(3)10-15(5,6)11-14(9-2)17-13(4)16-7/h12-14H,8-11H2,1-7H3. The Labute approximate surface area is 108 Å². The van der Waals surface area contributed by atoms with Gasteiger partial charge >= 0.3 is 0 Å². The highest BCUT2D eigenvalue weighted by molar-refractivity contribution is 4.75. The van der Waals surface area contributed by atoms with Gasteiger partial charge in [0.05, 0.1) is 6.10 Å². The summed E-state index contributed by atoms with van der Waals surface area (Å²) >= 11 is 0. The summed E-state index contributed by atoms with van der Waals surface area (Å²) in [6.45, 7) is 13.4. The second kappa shape index (κ2) is 8.10. The number of ether oxygens (including phenoxy) is 2. The van der Waals surface area contributed by atoms with E-state index in [9.17, 15) is 0 Å². The van der Waals surface area contributed by atoms with Crippen LogP contribution in [0.15, 0.2) is 0 Å². The molecule has 0 aliphatic carbocycles. The van der Waals surface area contributed by atoms with Gasteiger partial charge in [0.1, 0.15) is 0 Å². The number of hydrogen-bond acceptors (Lipinski definition) is 2. The molecule has 0 N–H and O–H groups in total. The Bertz CT molecular complexity index is 189. The van der Waals surface area contributed by atoms with Gasteiger partial charge in [-0.25, -0.2) is 0 Å². The van der Waals surface area contributed by atoms with Crippen molar-refractivity contribution in [3.05, 3.63) is 0 Å². The average molecular weight is 244 g/mol. The van der Waals surface area contributed by atoms with Crippen LogP contribution in [0.2, 0.25) is 0 Å². The lowest BCUT2D eigenvalue weighted by atomic mass is 9.78. The van der Waals surface area contributed by atoms with E-state index in [1.54, 1.807) is 7.11 Å². The van der Waals surface area contributed by atoms with E-state index in [-0.39, 0.29) is 6.29 Å². The largest absolute Gasteiger partial charge is 0.356 e. The highest BCUT2D eigenvalue weighted by Crippen LogP contribution is 2.33. The van der Waals surface area contributed by atoms with Crippen molar-refractivity contribution in [3.8, 4) is 0 Å². The molecule has 2 nitrogen and oxygen atoms in total. The molecular weight excluding hydrogens is 212 g/mol. The second-order valence-electron chi connectivity index (χ2n) is 6.06. The molecule has 0 rings (SSSR count). The van der Waals surface area contributed by atoms with E-state index in [0.29, 0.717) is 11.5 Å². The molecule has 0 bridgehead atoms. The minimum absolute atomic E-state index is 0.0978. The molecule has 0 aromatic rings. The van der Waals surface area contributed by atoms with Gasteiger partial charge in [0, 0.05) is 7.11 Å². The first-order valence-corrected chi connectivity index (χ1v) is 7.02. The van der Waals surface area contributed by atoms with Crippen molar-refractivity contribution in [3.63, 3.8) is 0 Å². The van der Waals surface area contributed by atoms with Gasteiger partial charge in [0.25, 0.3) is 0 Å². The molecule has 2 heteroatoms. The molecule has 3 unspecified atom stereocenters. The lowest BCUT2D eigenvalue weighted by molar-refractivity contribution is -0.152. The number of hydrogen-bond donors (Lipinski definition) is 0. The lowest BCUT2D eigenvalue weighted by Crippen LogP contribution is -2.28. The molecule has 0 aromatic carbocycles. The van der Waals surface area contributed by atoms with Crippen LogP contribution in [0, 0.1) is 11.3 Å². The first kappa shape index (κ1) is 16.9. The van der Waals surface area contributed by atoms with Gasteiger partial charge in [-0.3, -0.25) is 0 Å². The van der Waals surface area contributed by atoms with Gasteiger partial charge in [-0.1, -0.05) is 41.0 Å². The molecule has 0 radical (unpaired) electrons. The Kier molecular flexibility index (Phi) is 8.06. The van der Waals surface area contributed by atoms with E-state index in [1.807, 2.05) is 6.92 Å². The molecule has 0 aromatic heterocycles. The Hall–Kier alpha value is -0.0800. The fourth-order valence-electron chi connectivity index (χ4n) is 2.40. The summed E-state index contributed by atoms with van der Waals surface area (Å²) in [5.74, 6) is 0.794. The maximum absolute atomic E-state index is 5.88. The molecule has 0 fully saturated rings. The highest BCUT2D eigenvalue weighted by atomic mass is 16.7. The molecule has 3 atom stereocenters. The Morgan fingerprint density at radius 1 is 1.00 bits per heavy atom. The third kappa shape index (κ3) is 7.77. The first-order valence-electron chi connectivity index (χ1n) is 7.02. The van der Waals surface area contributed by atoms with Gasteiger partial charge in [-0.15, -0.1) is 0 Å². The first-order chi connectivity index (χ1) is 7.84. The van der Waals surface area contributed by atoms with Crippen LogP contribution in [-0.2, 0) is 9.47 Å². The van der Waals surface area contributed by atoms with Crippen molar-refractivity contribution >= 4 is 0 Å². The van der Waals surface area contributed by atoms with Crippen molar-refractivity contribution in [2.45, 2.75) is 79.6 Å². The predicted molar refractivity (Wildman–Crippen MR) is 74.1 cm³/mol. The quantitative estimate of drug-likeness (QED) is 0.551.